The number of carbonyl (C=O) groups excluding carboxylic acids is 3. The molecule has 9 heteroatoms. The number of imide groups is 2. The third-order valence-electron chi connectivity index (χ3n) is 3.04. The van der Waals surface area contributed by atoms with E-state index in [1.165, 1.54) is 32.4 Å². The highest BCUT2D eigenvalue weighted by molar-refractivity contribution is 6.44. The number of carbonyl (C=O) groups is 3. The molecule has 0 aromatic heterocycles. The first-order chi connectivity index (χ1) is 10.3. The molecule has 1 heterocycles. The molecule has 0 aliphatic carbocycles. The molecule has 0 atom stereocenters. The quantitative estimate of drug-likeness (QED) is 0.603. The molecule has 0 spiro atoms. The van der Waals surface area contributed by atoms with Crippen molar-refractivity contribution in [2.24, 2.45) is 0 Å². The second kappa shape index (κ2) is 5.96. The van der Waals surface area contributed by atoms with Crippen molar-refractivity contribution >= 4 is 17.8 Å². The maximum atomic E-state index is 12.2. The molecule has 22 heavy (non-hydrogen) atoms. The summed E-state index contributed by atoms with van der Waals surface area (Å²) in [4.78, 5) is 36.3. The fourth-order valence-electron chi connectivity index (χ4n) is 1.94. The van der Waals surface area contributed by atoms with E-state index in [0.717, 1.165) is 4.90 Å². The van der Waals surface area contributed by atoms with Crippen LogP contribution in [0.15, 0.2) is 18.2 Å². The number of likely N-dealkylation sites (N-methyl/N-ethyl adjacent to an activating group) is 1. The van der Waals surface area contributed by atoms with E-state index in [9.17, 15) is 23.2 Å². The summed E-state index contributed by atoms with van der Waals surface area (Å²) in [7, 11) is 2.46. The van der Waals surface area contributed by atoms with Crippen LogP contribution in [0.25, 0.3) is 0 Å². The molecule has 1 aliphatic rings. The fraction of sp³-hybridized carbons (Fsp3) is 0.308. The number of ether oxygens (including phenoxy) is 2. The van der Waals surface area contributed by atoms with Crippen molar-refractivity contribution in [3.8, 4) is 11.5 Å². The Kier molecular flexibility index (Phi) is 4.25. The highest BCUT2D eigenvalue weighted by Gasteiger charge is 2.42. The van der Waals surface area contributed by atoms with E-state index in [2.05, 4.69) is 4.74 Å². The van der Waals surface area contributed by atoms with Crippen molar-refractivity contribution in [1.82, 2.24) is 9.80 Å². The number of alkyl halides is 2. The summed E-state index contributed by atoms with van der Waals surface area (Å²) in [5, 5.41) is 0. The van der Waals surface area contributed by atoms with E-state index in [1.807, 2.05) is 0 Å². The van der Waals surface area contributed by atoms with Gasteiger partial charge in [0.15, 0.2) is 11.5 Å². The molecule has 1 aromatic rings. The van der Waals surface area contributed by atoms with Crippen molar-refractivity contribution in [2.75, 3.05) is 14.2 Å². The van der Waals surface area contributed by atoms with Gasteiger partial charge in [0, 0.05) is 7.05 Å². The Morgan fingerprint density at radius 3 is 2.32 bits per heavy atom. The summed E-state index contributed by atoms with van der Waals surface area (Å²) in [6.07, 6.45) is 0. The molecule has 1 saturated heterocycles. The van der Waals surface area contributed by atoms with Crippen molar-refractivity contribution in [3.63, 3.8) is 0 Å². The topological polar surface area (TPSA) is 76.2 Å². The van der Waals surface area contributed by atoms with Gasteiger partial charge in [-0.2, -0.15) is 8.78 Å². The minimum atomic E-state index is -3.01. The fourth-order valence-corrected chi connectivity index (χ4v) is 1.94. The number of nitrogens with zero attached hydrogens (tertiary/aromatic N) is 2. The summed E-state index contributed by atoms with van der Waals surface area (Å²) >= 11 is 0. The number of rotatable bonds is 5. The second-order valence-electron chi connectivity index (χ2n) is 4.40. The van der Waals surface area contributed by atoms with Crippen LogP contribution in [-0.2, 0) is 16.1 Å². The number of methoxy groups -OCH3 is 1. The monoisotopic (exact) mass is 314 g/mol. The van der Waals surface area contributed by atoms with Crippen LogP contribution in [0, 0.1) is 0 Å². The van der Waals surface area contributed by atoms with E-state index in [1.54, 1.807) is 0 Å². The number of hydrogen-bond donors (Lipinski definition) is 0. The van der Waals surface area contributed by atoms with Crippen LogP contribution in [0.2, 0.25) is 0 Å². The Balaban J connectivity index is 2.22. The molecule has 7 nitrogen and oxygen atoms in total. The van der Waals surface area contributed by atoms with Crippen LogP contribution in [0.1, 0.15) is 5.56 Å². The number of hydrogen-bond acceptors (Lipinski definition) is 5. The van der Waals surface area contributed by atoms with E-state index >= 15 is 0 Å². The van der Waals surface area contributed by atoms with Gasteiger partial charge in [-0.05, 0) is 17.7 Å². The van der Waals surface area contributed by atoms with E-state index in [0.29, 0.717) is 10.5 Å². The van der Waals surface area contributed by atoms with Gasteiger partial charge < -0.3 is 9.47 Å². The summed E-state index contributed by atoms with van der Waals surface area (Å²) in [6, 6.07) is 3.23. The smallest absolute Gasteiger partial charge is 0.387 e. The Bertz CT molecular complexity index is 635. The van der Waals surface area contributed by atoms with E-state index in [4.69, 9.17) is 4.74 Å². The number of halogens is 2. The summed E-state index contributed by atoms with van der Waals surface area (Å²) in [5.41, 5.74) is 0.420. The van der Waals surface area contributed by atoms with Crippen LogP contribution in [-0.4, -0.2) is 48.4 Å². The van der Waals surface area contributed by atoms with Gasteiger partial charge in [0.05, 0.1) is 13.7 Å². The van der Waals surface area contributed by atoms with Gasteiger partial charge in [-0.1, -0.05) is 6.07 Å². The molecular weight excluding hydrogens is 302 g/mol. The van der Waals surface area contributed by atoms with Gasteiger partial charge in [-0.25, -0.2) is 4.79 Å². The van der Waals surface area contributed by atoms with Crippen LogP contribution in [0.4, 0.5) is 13.6 Å². The maximum absolute atomic E-state index is 12.2. The van der Waals surface area contributed by atoms with Gasteiger partial charge in [0.2, 0.25) is 0 Å². The average Bonchev–Trinajstić information content (AvgIpc) is 2.66. The zero-order valence-corrected chi connectivity index (χ0v) is 11.7. The number of amides is 4. The molecule has 118 valence electrons. The second-order valence-corrected chi connectivity index (χ2v) is 4.40. The van der Waals surface area contributed by atoms with Crippen LogP contribution >= 0.6 is 0 Å². The lowest BCUT2D eigenvalue weighted by Gasteiger charge is -2.15. The lowest BCUT2D eigenvalue weighted by atomic mass is 10.2. The zero-order valence-electron chi connectivity index (χ0n) is 11.7. The molecule has 2 rings (SSSR count). The summed E-state index contributed by atoms with van der Waals surface area (Å²) < 4.78 is 33.7. The van der Waals surface area contributed by atoms with Gasteiger partial charge in [-0.3, -0.25) is 19.4 Å². The van der Waals surface area contributed by atoms with E-state index in [-0.39, 0.29) is 18.0 Å². The molecule has 0 bridgehead atoms. The molecule has 1 aliphatic heterocycles. The molecule has 4 amide bonds. The summed E-state index contributed by atoms with van der Waals surface area (Å²) in [6.45, 7) is -3.19. The van der Waals surface area contributed by atoms with Crippen LogP contribution in [0.3, 0.4) is 0 Å². The normalized spacial score (nSPS) is 15.0. The van der Waals surface area contributed by atoms with Crippen molar-refractivity contribution in [3.05, 3.63) is 23.8 Å². The maximum Gasteiger partial charge on any atom is 0.387 e. The predicted octanol–water partition coefficient (Wildman–Crippen LogP) is 1.22. The van der Waals surface area contributed by atoms with Crippen LogP contribution < -0.4 is 9.47 Å². The molecule has 0 saturated carbocycles. The minimum absolute atomic E-state index is 0.0246. The zero-order chi connectivity index (χ0) is 16.4. The molecule has 0 N–H and O–H groups in total. The third kappa shape index (κ3) is 2.83. The van der Waals surface area contributed by atoms with Gasteiger partial charge >= 0.3 is 24.5 Å². The Hall–Kier alpha value is -2.71. The lowest BCUT2D eigenvalue weighted by molar-refractivity contribution is -0.143. The standard InChI is InChI=1S/C13H12F2N2O5/c1-16-10(18)11(19)17(13(16)20)6-7-3-4-8(22-12(14)15)9(5-7)21-2/h3-5,12H,6H2,1-2H3. The first-order valence-electron chi connectivity index (χ1n) is 6.10. The predicted molar refractivity (Wildman–Crippen MR) is 68.3 cm³/mol. The lowest BCUT2D eigenvalue weighted by Crippen LogP contribution is -2.31. The van der Waals surface area contributed by atoms with Crippen LogP contribution in [0.5, 0.6) is 11.5 Å². The van der Waals surface area contributed by atoms with Crippen molar-refractivity contribution < 1.29 is 32.6 Å². The van der Waals surface area contributed by atoms with Crippen molar-refractivity contribution in [1.29, 1.82) is 0 Å². The number of urea groups is 1. The minimum Gasteiger partial charge on any atom is -0.493 e. The van der Waals surface area contributed by atoms with Crippen molar-refractivity contribution in [2.45, 2.75) is 13.2 Å². The number of benzene rings is 1. The van der Waals surface area contributed by atoms with E-state index < -0.39 is 24.5 Å². The van der Waals surface area contributed by atoms with Gasteiger partial charge in [0.25, 0.3) is 0 Å². The largest absolute Gasteiger partial charge is 0.493 e. The molecule has 0 radical (unpaired) electrons. The molecule has 1 aromatic carbocycles. The van der Waals surface area contributed by atoms with Gasteiger partial charge in [-0.15, -0.1) is 0 Å². The SMILES string of the molecule is COc1cc(CN2C(=O)C(=O)N(C)C2=O)ccc1OC(F)F. The average molecular weight is 314 g/mol. The molecule has 1 fully saturated rings. The first kappa shape index (κ1) is 15.7. The third-order valence-corrected chi connectivity index (χ3v) is 3.04. The highest BCUT2D eigenvalue weighted by atomic mass is 19.3. The molecular formula is C13H12F2N2O5. The molecule has 0 unspecified atom stereocenters. The highest BCUT2D eigenvalue weighted by Crippen LogP contribution is 2.30. The Morgan fingerprint density at radius 2 is 1.82 bits per heavy atom. The Labute approximate surface area is 124 Å². The Morgan fingerprint density at radius 1 is 1.14 bits per heavy atom. The van der Waals surface area contributed by atoms with Gasteiger partial charge in [0.1, 0.15) is 0 Å². The first-order valence-corrected chi connectivity index (χ1v) is 6.10. The summed E-state index contributed by atoms with van der Waals surface area (Å²) in [5.74, 6) is -2.01.